The Morgan fingerprint density at radius 2 is 1.86 bits per heavy atom. The largest absolute Gasteiger partial charge is 0.489 e. The van der Waals surface area contributed by atoms with Gasteiger partial charge in [-0.1, -0.05) is 18.2 Å². The van der Waals surface area contributed by atoms with Crippen molar-refractivity contribution in [1.82, 2.24) is 4.90 Å². The zero-order valence-electron chi connectivity index (χ0n) is 15.9. The highest BCUT2D eigenvalue weighted by Crippen LogP contribution is 2.23. The van der Waals surface area contributed by atoms with Crippen molar-refractivity contribution in [2.45, 2.75) is 32.8 Å². The number of rotatable bonds is 6. The van der Waals surface area contributed by atoms with Gasteiger partial charge in [0.05, 0.1) is 6.61 Å². The molecule has 2 aromatic rings. The third-order valence-corrected chi connectivity index (χ3v) is 4.73. The zero-order valence-corrected chi connectivity index (χ0v) is 15.9. The number of fused-ring (bicyclic) bond motifs is 1. The molecule has 28 heavy (non-hydrogen) atoms. The number of ether oxygens (including phenoxy) is 2. The second-order valence-electron chi connectivity index (χ2n) is 6.71. The number of carbonyl (C=O) groups is 2. The van der Waals surface area contributed by atoms with Crippen LogP contribution >= 0.6 is 0 Å². The molecule has 148 valence electrons. The average Bonchev–Trinajstić information content (AvgIpc) is 2.89. The van der Waals surface area contributed by atoms with E-state index >= 15 is 0 Å². The normalized spacial score (nSPS) is 13.4. The van der Waals surface area contributed by atoms with Crippen molar-refractivity contribution in [2.24, 2.45) is 0 Å². The summed E-state index contributed by atoms with van der Waals surface area (Å²) in [7, 11) is 0. The molecule has 1 heterocycles. The Labute approximate surface area is 164 Å². The number of esters is 1. The summed E-state index contributed by atoms with van der Waals surface area (Å²) in [6.45, 7) is 3.42. The van der Waals surface area contributed by atoms with E-state index in [9.17, 15) is 14.0 Å². The molecule has 6 heteroatoms. The lowest BCUT2D eigenvalue weighted by Crippen LogP contribution is -2.34. The molecular weight excluding hydrogens is 361 g/mol. The molecule has 0 aromatic heterocycles. The van der Waals surface area contributed by atoms with Gasteiger partial charge in [0.1, 0.15) is 24.6 Å². The summed E-state index contributed by atoms with van der Waals surface area (Å²) in [5.41, 5.74) is 3.07. The maximum Gasteiger partial charge on any atom is 0.315 e. The Hall–Kier alpha value is -2.89. The lowest BCUT2D eigenvalue weighted by Gasteiger charge is -2.19. The Balaban J connectivity index is 1.59. The zero-order chi connectivity index (χ0) is 19.9. The minimum absolute atomic E-state index is 0.200. The molecular formula is C22H24FNO4. The molecule has 0 bridgehead atoms. The Kier molecular flexibility index (Phi) is 6.63. The number of amides is 1. The molecule has 1 amide bonds. The van der Waals surface area contributed by atoms with E-state index in [1.54, 1.807) is 17.9 Å². The van der Waals surface area contributed by atoms with Gasteiger partial charge < -0.3 is 14.4 Å². The number of benzene rings is 2. The minimum Gasteiger partial charge on any atom is -0.489 e. The first-order valence-electron chi connectivity index (χ1n) is 9.47. The van der Waals surface area contributed by atoms with E-state index in [2.05, 4.69) is 0 Å². The van der Waals surface area contributed by atoms with E-state index < -0.39 is 5.97 Å². The molecule has 3 rings (SSSR count). The van der Waals surface area contributed by atoms with Crippen LogP contribution in [0, 0.1) is 5.82 Å². The maximum atomic E-state index is 13.3. The molecule has 0 N–H and O–H groups in total. The number of nitrogens with zero attached hydrogens (tertiary/aromatic N) is 1. The summed E-state index contributed by atoms with van der Waals surface area (Å²) < 4.78 is 23.9. The van der Waals surface area contributed by atoms with Gasteiger partial charge in [-0.05, 0) is 60.7 Å². The highest BCUT2D eigenvalue weighted by Gasteiger charge is 2.21. The molecule has 5 nitrogen and oxygen atoms in total. The average molecular weight is 385 g/mol. The number of hydrogen-bond donors (Lipinski definition) is 0. The van der Waals surface area contributed by atoms with Gasteiger partial charge >= 0.3 is 5.97 Å². The van der Waals surface area contributed by atoms with Gasteiger partial charge in [-0.15, -0.1) is 0 Å². The van der Waals surface area contributed by atoms with Crippen molar-refractivity contribution in [3.05, 3.63) is 65.0 Å². The minimum atomic E-state index is -0.484. The van der Waals surface area contributed by atoms with Crippen molar-refractivity contribution >= 4 is 11.9 Å². The van der Waals surface area contributed by atoms with E-state index in [0.29, 0.717) is 31.9 Å². The van der Waals surface area contributed by atoms with Crippen molar-refractivity contribution in [3.63, 3.8) is 0 Å². The molecule has 0 saturated carbocycles. The Bertz CT molecular complexity index is 852. The summed E-state index contributed by atoms with van der Waals surface area (Å²) >= 11 is 0. The smallest absolute Gasteiger partial charge is 0.315 e. The molecule has 1 aliphatic heterocycles. The topological polar surface area (TPSA) is 55.8 Å². The van der Waals surface area contributed by atoms with Crippen LogP contribution in [-0.4, -0.2) is 36.5 Å². The fourth-order valence-corrected chi connectivity index (χ4v) is 3.28. The monoisotopic (exact) mass is 385 g/mol. The van der Waals surface area contributed by atoms with Gasteiger partial charge in [0, 0.05) is 13.1 Å². The van der Waals surface area contributed by atoms with E-state index in [-0.39, 0.29) is 24.8 Å². The van der Waals surface area contributed by atoms with Crippen LogP contribution in [0.5, 0.6) is 5.75 Å². The standard InChI is InChI=1S/C22H24FNO4/c1-2-27-22(26)14-21(25)24-10-8-17-6-7-20(13-18(17)9-11-24)28-15-16-4-3-5-19(23)12-16/h3-7,12-13H,2,8-11,14-15H2,1H3. The first-order chi connectivity index (χ1) is 13.5. The summed E-state index contributed by atoms with van der Waals surface area (Å²) in [4.78, 5) is 25.6. The SMILES string of the molecule is CCOC(=O)CC(=O)N1CCc2ccc(OCc3cccc(F)c3)cc2CC1. The molecule has 0 atom stereocenters. The van der Waals surface area contributed by atoms with Crippen molar-refractivity contribution < 1.29 is 23.5 Å². The van der Waals surface area contributed by atoms with Gasteiger partial charge in [0.25, 0.3) is 0 Å². The van der Waals surface area contributed by atoms with E-state index in [1.165, 1.54) is 17.7 Å². The first-order valence-corrected chi connectivity index (χ1v) is 9.47. The number of halogens is 1. The van der Waals surface area contributed by atoms with Gasteiger partial charge in [0.2, 0.25) is 5.91 Å². The summed E-state index contributed by atoms with van der Waals surface area (Å²) in [6, 6.07) is 12.2. The third kappa shape index (κ3) is 5.31. The molecule has 0 fully saturated rings. The second kappa shape index (κ2) is 9.35. The van der Waals surface area contributed by atoms with Gasteiger partial charge in [-0.2, -0.15) is 0 Å². The molecule has 1 aliphatic rings. The Morgan fingerprint density at radius 3 is 2.61 bits per heavy atom. The predicted molar refractivity (Wildman–Crippen MR) is 102 cm³/mol. The van der Waals surface area contributed by atoms with Crippen LogP contribution in [0.25, 0.3) is 0 Å². The predicted octanol–water partition coefficient (Wildman–Crippen LogP) is 3.29. The van der Waals surface area contributed by atoms with Crippen molar-refractivity contribution in [1.29, 1.82) is 0 Å². The van der Waals surface area contributed by atoms with Gasteiger partial charge in [-0.3, -0.25) is 9.59 Å². The lowest BCUT2D eigenvalue weighted by atomic mass is 10.0. The highest BCUT2D eigenvalue weighted by molar-refractivity contribution is 5.94. The number of hydrogen-bond acceptors (Lipinski definition) is 4. The fraction of sp³-hybridized carbons (Fsp3) is 0.364. The fourth-order valence-electron chi connectivity index (χ4n) is 3.28. The van der Waals surface area contributed by atoms with Crippen molar-refractivity contribution in [2.75, 3.05) is 19.7 Å². The summed E-state index contributed by atoms with van der Waals surface area (Å²) in [6.07, 6.45) is 1.21. The molecule has 0 radical (unpaired) electrons. The molecule has 2 aromatic carbocycles. The van der Waals surface area contributed by atoms with E-state index in [4.69, 9.17) is 9.47 Å². The number of carbonyl (C=O) groups excluding carboxylic acids is 2. The van der Waals surface area contributed by atoms with Crippen molar-refractivity contribution in [3.8, 4) is 5.75 Å². The highest BCUT2D eigenvalue weighted by atomic mass is 19.1. The van der Waals surface area contributed by atoms with Crippen LogP contribution in [0.4, 0.5) is 4.39 Å². The van der Waals surface area contributed by atoms with Gasteiger partial charge in [-0.25, -0.2) is 4.39 Å². The third-order valence-electron chi connectivity index (χ3n) is 4.73. The Morgan fingerprint density at radius 1 is 1.07 bits per heavy atom. The van der Waals surface area contributed by atoms with Crippen LogP contribution in [0.15, 0.2) is 42.5 Å². The van der Waals surface area contributed by atoms with Crippen LogP contribution in [0.1, 0.15) is 30.0 Å². The van der Waals surface area contributed by atoms with Crippen LogP contribution in [0.2, 0.25) is 0 Å². The summed E-state index contributed by atoms with van der Waals surface area (Å²) in [5.74, 6) is -0.249. The second-order valence-corrected chi connectivity index (χ2v) is 6.71. The van der Waals surface area contributed by atoms with E-state index in [1.807, 2.05) is 24.3 Å². The first kappa shape index (κ1) is 19.9. The molecule has 0 aliphatic carbocycles. The van der Waals surface area contributed by atoms with Crippen LogP contribution in [0.3, 0.4) is 0 Å². The lowest BCUT2D eigenvalue weighted by molar-refractivity contribution is -0.148. The van der Waals surface area contributed by atoms with Crippen LogP contribution in [-0.2, 0) is 33.8 Å². The maximum absolute atomic E-state index is 13.3. The van der Waals surface area contributed by atoms with E-state index in [0.717, 1.165) is 17.5 Å². The molecule has 0 spiro atoms. The molecule has 0 unspecified atom stereocenters. The van der Waals surface area contributed by atoms with Gasteiger partial charge in [0.15, 0.2) is 0 Å². The summed E-state index contributed by atoms with van der Waals surface area (Å²) in [5, 5.41) is 0. The quantitative estimate of drug-likeness (QED) is 0.566. The molecule has 0 saturated heterocycles. The van der Waals surface area contributed by atoms with Crippen LogP contribution < -0.4 is 4.74 Å².